The average Bonchev–Trinajstić information content (AvgIpc) is 3.07. The number of benzene rings is 1. The highest BCUT2D eigenvalue weighted by Crippen LogP contribution is 2.43. The van der Waals surface area contributed by atoms with Crippen molar-refractivity contribution < 1.29 is 13.3 Å². The highest BCUT2D eigenvalue weighted by atomic mass is 32.2. The summed E-state index contributed by atoms with van der Waals surface area (Å²) >= 11 is 0. The number of nitrogens with one attached hydrogen (secondary N) is 1. The van der Waals surface area contributed by atoms with Crippen LogP contribution in [0.4, 0.5) is 5.69 Å². The summed E-state index contributed by atoms with van der Waals surface area (Å²) in [6.45, 7) is 2.03. The lowest BCUT2D eigenvalue weighted by Crippen LogP contribution is -2.31. The second-order valence-electron chi connectivity index (χ2n) is 6.12. The summed E-state index contributed by atoms with van der Waals surface area (Å²) in [5, 5.41) is 11.1. The molecule has 3 atom stereocenters. The van der Waals surface area contributed by atoms with Gasteiger partial charge in [-0.15, -0.1) is 0 Å². The van der Waals surface area contributed by atoms with Gasteiger partial charge in [0.05, 0.1) is 4.92 Å². The molecule has 1 aromatic rings. The van der Waals surface area contributed by atoms with Crippen molar-refractivity contribution in [3.8, 4) is 0 Å². The zero-order valence-corrected chi connectivity index (χ0v) is 13.0. The zero-order chi connectivity index (χ0) is 15.9. The summed E-state index contributed by atoms with van der Waals surface area (Å²) < 4.78 is 27.3. The van der Waals surface area contributed by atoms with E-state index in [0.717, 1.165) is 12.8 Å². The van der Waals surface area contributed by atoms with Crippen molar-refractivity contribution in [2.24, 2.45) is 17.8 Å². The predicted molar refractivity (Wildman–Crippen MR) is 81.9 cm³/mol. The third kappa shape index (κ3) is 2.78. The Bertz CT molecular complexity index is 742. The molecule has 2 aliphatic rings. The van der Waals surface area contributed by atoms with E-state index in [1.807, 2.05) is 0 Å². The first kappa shape index (κ1) is 15.2. The van der Waals surface area contributed by atoms with Crippen molar-refractivity contribution in [2.45, 2.75) is 24.7 Å². The smallest absolute Gasteiger partial charge is 0.258 e. The molecule has 0 aromatic heterocycles. The third-order valence-electron chi connectivity index (χ3n) is 4.55. The molecule has 2 bridgehead atoms. The van der Waals surface area contributed by atoms with E-state index in [-0.39, 0.29) is 16.5 Å². The molecule has 6 nitrogen and oxygen atoms in total. The van der Waals surface area contributed by atoms with E-state index in [1.54, 1.807) is 13.0 Å². The lowest BCUT2D eigenvalue weighted by molar-refractivity contribution is -0.387. The van der Waals surface area contributed by atoms with Gasteiger partial charge in [-0.2, -0.15) is 0 Å². The van der Waals surface area contributed by atoms with E-state index in [9.17, 15) is 18.5 Å². The molecule has 3 unspecified atom stereocenters. The van der Waals surface area contributed by atoms with E-state index >= 15 is 0 Å². The van der Waals surface area contributed by atoms with Gasteiger partial charge in [-0.3, -0.25) is 10.1 Å². The Kier molecular flexibility index (Phi) is 3.78. The highest BCUT2D eigenvalue weighted by molar-refractivity contribution is 7.89. The summed E-state index contributed by atoms with van der Waals surface area (Å²) in [6, 6.07) is 4.16. The quantitative estimate of drug-likeness (QED) is 0.512. The van der Waals surface area contributed by atoms with Crippen LogP contribution in [0.1, 0.15) is 18.4 Å². The number of allylic oxidation sites excluding steroid dienone is 2. The van der Waals surface area contributed by atoms with Gasteiger partial charge in [0.2, 0.25) is 10.0 Å². The van der Waals surface area contributed by atoms with Crippen LogP contribution in [0.25, 0.3) is 0 Å². The first-order chi connectivity index (χ1) is 10.4. The van der Waals surface area contributed by atoms with Gasteiger partial charge in [0.1, 0.15) is 0 Å². The molecule has 0 saturated heterocycles. The molecule has 7 heteroatoms. The van der Waals surface area contributed by atoms with Crippen LogP contribution in [-0.4, -0.2) is 19.9 Å². The number of aryl methyl sites for hydroxylation is 1. The standard InChI is InChI=1S/C15H18N2O4S/c1-10-2-5-15(14(6-10)17(18)19)22(20,21)16-9-13-8-11-3-4-12(13)7-11/h2-6,11-13,16H,7-9H2,1H3. The van der Waals surface area contributed by atoms with Crippen LogP contribution in [0, 0.1) is 34.8 Å². The largest absolute Gasteiger partial charge is 0.289 e. The second kappa shape index (κ2) is 5.48. The number of rotatable bonds is 5. The zero-order valence-electron chi connectivity index (χ0n) is 12.2. The summed E-state index contributed by atoms with van der Waals surface area (Å²) in [4.78, 5) is 10.2. The summed E-state index contributed by atoms with van der Waals surface area (Å²) in [5.74, 6) is 1.28. The van der Waals surface area contributed by atoms with Crippen molar-refractivity contribution in [1.82, 2.24) is 4.72 Å². The van der Waals surface area contributed by atoms with Gasteiger partial charge in [0.15, 0.2) is 4.90 Å². The number of sulfonamides is 1. The number of nitro benzene ring substituents is 1. The van der Waals surface area contributed by atoms with Crippen LogP contribution in [-0.2, 0) is 10.0 Å². The summed E-state index contributed by atoms with van der Waals surface area (Å²) in [6.07, 6.45) is 6.43. The van der Waals surface area contributed by atoms with E-state index in [1.165, 1.54) is 12.1 Å². The van der Waals surface area contributed by atoms with Crippen molar-refractivity contribution in [3.05, 3.63) is 46.0 Å². The molecule has 1 aromatic carbocycles. The Morgan fingerprint density at radius 3 is 2.68 bits per heavy atom. The molecule has 22 heavy (non-hydrogen) atoms. The Labute approximate surface area is 129 Å². The van der Waals surface area contributed by atoms with E-state index in [0.29, 0.717) is 23.9 Å². The molecule has 0 radical (unpaired) electrons. The molecule has 118 valence electrons. The maximum absolute atomic E-state index is 12.4. The topological polar surface area (TPSA) is 89.3 Å². The van der Waals surface area contributed by atoms with Gasteiger partial charge in [-0.05, 0) is 49.1 Å². The molecule has 0 amide bonds. The Morgan fingerprint density at radius 1 is 1.32 bits per heavy atom. The fraction of sp³-hybridized carbons (Fsp3) is 0.467. The van der Waals surface area contributed by atoms with Gasteiger partial charge >= 0.3 is 0 Å². The van der Waals surface area contributed by atoms with E-state index < -0.39 is 14.9 Å². The van der Waals surface area contributed by atoms with Crippen LogP contribution in [0.5, 0.6) is 0 Å². The number of hydrogen-bond acceptors (Lipinski definition) is 4. The van der Waals surface area contributed by atoms with Crippen molar-refractivity contribution in [1.29, 1.82) is 0 Å². The number of nitro groups is 1. The minimum Gasteiger partial charge on any atom is -0.258 e. The fourth-order valence-corrected chi connectivity index (χ4v) is 4.67. The Balaban J connectivity index is 1.78. The monoisotopic (exact) mass is 322 g/mol. The molecule has 0 aliphatic heterocycles. The van der Waals surface area contributed by atoms with Crippen LogP contribution in [0.3, 0.4) is 0 Å². The van der Waals surface area contributed by atoms with Gasteiger partial charge in [0.25, 0.3) is 5.69 Å². The van der Waals surface area contributed by atoms with Gasteiger partial charge in [0, 0.05) is 12.6 Å². The maximum atomic E-state index is 12.4. The Hall–Kier alpha value is -1.73. The number of nitrogens with zero attached hydrogens (tertiary/aromatic N) is 1. The molecule has 2 aliphatic carbocycles. The van der Waals surface area contributed by atoms with Gasteiger partial charge in [-0.25, -0.2) is 13.1 Å². The second-order valence-corrected chi connectivity index (χ2v) is 7.86. The van der Waals surface area contributed by atoms with Gasteiger partial charge < -0.3 is 0 Å². The first-order valence-electron chi connectivity index (χ1n) is 7.30. The molecule has 3 rings (SSSR count). The Morgan fingerprint density at radius 2 is 2.09 bits per heavy atom. The van der Waals surface area contributed by atoms with Crippen molar-refractivity contribution in [3.63, 3.8) is 0 Å². The molecular formula is C15H18N2O4S. The fourth-order valence-electron chi connectivity index (χ4n) is 3.42. The van der Waals surface area contributed by atoms with Crippen molar-refractivity contribution >= 4 is 15.7 Å². The van der Waals surface area contributed by atoms with Gasteiger partial charge in [-0.1, -0.05) is 18.2 Å². The third-order valence-corrected chi connectivity index (χ3v) is 6.02. The molecule has 1 fully saturated rings. The van der Waals surface area contributed by atoms with E-state index in [4.69, 9.17) is 0 Å². The molecular weight excluding hydrogens is 304 g/mol. The lowest BCUT2D eigenvalue weighted by Gasteiger charge is -2.18. The minimum atomic E-state index is -3.87. The number of fused-ring (bicyclic) bond motifs is 2. The SMILES string of the molecule is Cc1ccc(S(=O)(=O)NCC2CC3C=CC2C3)c([N+](=O)[O-])c1. The van der Waals surface area contributed by atoms with Crippen LogP contribution >= 0.6 is 0 Å². The summed E-state index contributed by atoms with van der Waals surface area (Å²) in [7, 11) is -3.87. The van der Waals surface area contributed by atoms with Crippen molar-refractivity contribution in [2.75, 3.05) is 6.54 Å². The number of hydrogen-bond donors (Lipinski definition) is 1. The lowest BCUT2D eigenvalue weighted by atomic mass is 9.94. The predicted octanol–water partition coefficient (Wildman–Crippen LogP) is 2.39. The maximum Gasteiger partial charge on any atom is 0.289 e. The molecule has 0 heterocycles. The highest BCUT2D eigenvalue weighted by Gasteiger charge is 2.36. The van der Waals surface area contributed by atoms with Crippen LogP contribution in [0.2, 0.25) is 0 Å². The van der Waals surface area contributed by atoms with Crippen LogP contribution in [0.15, 0.2) is 35.2 Å². The minimum absolute atomic E-state index is 0.262. The summed E-state index contributed by atoms with van der Waals surface area (Å²) in [5.41, 5.74) is 0.282. The molecule has 0 spiro atoms. The molecule has 1 N–H and O–H groups in total. The molecule has 1 saturated carbocycles. The first-order valence-corrected chi connectivity index (χ1v) is 8.78. The van der Waals surface area contributed by atoms with Crippen LogP contribution < -0.4 is 4.72 Å². The average molecular weight is 322 g/mol. The normalized spacial score (nSPS) is 26.5. The van der Waals surface area contributed by atoms with E-state index in [2.05, 4.69) is 16.9 Å².